The van der Waals surface area contributed by atoms with Gasteiger partial charge in [-0.05, 0) is 6.92 Å². The molecule has 0 unspecified atom stereocenters. The Kier molecular flexibility index (Phi) is 3.92. The molecule has 0 atom stereocenters. The monoisotopic (exact) mass is 140 g/mol. The molecule has 0 spiro atoms. The average Bonchev–Trinajstić information content (AvgIpc) is 1.88. The van der Waals surface area contributed by atoms with E-state index in [0.29, 0.717) is 5.57 Å². The van der Waals surface area contributed by atoms with E-state index in [1.165, 1.54) is 12.9 Å². The zero-order chi connectivity index (χ0) is 7.98. The predicted octanol–water partition coefficient (Wildman–Crippen LogP) is 0.493. The molecule has 0 saturated carbocycles. The molecule has 0 N–H and O–H groups in total. The largest absolute Gasteiger partial charge is 0.457 e. The van der Waals surface area contributed by atoms with Gasteiger partial charge in [0, 0.05) is 11.6 Å². The van der Waals surface area contributed by atoms with Crippen molar-refractivity contribution in [3.63, 3.8) is 0 Å². The lowest BCUT2D eigenvalue weighted by Gasteiger charge is -1.97. The highest BCUT2D eigenvalue weighted by atomic mass is 16.5. The van der Waals surface area contributed by atoms with Crippen LogP contribution >= 0.6 is 0 Å². The molecule has 0 aromatic carbocycles. The van der Waals surface area contributed by atoms with Gasteiger partial charge >= 0.3 is 5.97 Å². The molecule has 0 saturated heterocycles. The van der Waals surface area contributed by atoms with E-state index >= 15 is 0 Å². The van der Waals surface area contributed by atoms with Crippen molar-refractivity contribution >= 4 is 11.9 Å². The second kappa shape index (κ2) is 4.53. The van der Waals surface area contributed by atoms with E-state index < -0.39 is 5.97 Å². The van der Waals surface area contributed by atoms with Crippen LogP contribution in [-0.2, 0) is 14.3 Å². The highest BCUT2D eigenvalue weighted by Crippen LogP contribution is 1.90. The Labute approximate surface area is 59.0 Å². The molecule has 0 bridgehead atoms. The summed E-state index contributed by atoms with van der Waals surface area (Å²) in [6, 6.07) is 0. The van der Waals surface area contributed by atoms with Crippen molar-refractivity contribution < 1.29 is 14.3 Å². The fraction of sp³-hybridized carbons (Fsp3) is 0.286. The van der Waals surface area contributed by atoms with Gasteiger partial charge in [-0.1, -0.05) is 6.58 Å². The number of hydrogen-bond donors (Lipinski definition) is 0. The van der Waals surface area contributed by atoms with Gasteiger partial charge in [-0.25, -0.2) is 9.59 Å². The molecule has 10 heavy (non-hydrogen) atoms. The van der Waals surface area contributed by atoms with Crippen LogP contribution < -0.4 is 0 Å². The molecule has 0 heterocycles. The molecule has 54 valence electrons. The van der Waals surface area contributed by atoms with Crippen molar-refractivity contribution in [1.82, 2.24) is 0 Å². The van der Waals surface area contributed by atoms with E-state index in [9.17, 15) is 9.59 Å². The third kappa shape index (κ3) is 3.64. The fourth-order valence-electron chi connectivity index (χ4n) is 0.275. The number of carbonyl (C=O) groups is 1. The summed E-state index contributed by atoms with van der Waals surface area (Å²) in [5.41, 5.74) is 0.319. The molecule has 0 aliphatic carbocycles. The van der Waals surface area contributed by atoms with Crippen LogP contribution in [0.15, 0.2) is 18.2 Å². The fourth-order valence-corrected chi connectivity index (χ4v) is 0.275. The number of ether oxygens (including phenoxy) is 1. The number of rotatable bonds is 3. The topological polar surface area (TPSA) is 43.4 Å². The number of esters is 1. The lowest BCUT2D eigenvalue weighted by molar-refractivity contribution is -0.137. The van der Waals surface area contributed by atoms with E-state index in [-0.39, 0.29) is 6.61 Å². The first kappa shape index (κ1) is 8.66. The van der Waals surface area contributed by atoms with Gasteiger partial charge in [0.05, 0.1) is 0 Å². The van der Waals surface area contributed by atoms with Crippen LogP contribution in [0, 0.1) is 0 Å². The van der Waals surface area contributed by atoms with Gasteiger partial charge < -0.3 is 4.74 Å². The van der Waals surface area contributed by atoms with Crippen LogP contribution in [0.3, 0.4) is 0 Å². The molecule has 0 aliphatic rings. The van der Waals surface area contributed by atoms with Crippen molar-refractivity contribution in [3.8, 4) is 0 Å². The average molecular weight is 140 g/mol. The van der Waals surface area contributed by atoms with E-state index in [1.807, 2.05) is 0 Å². The molecule has 3 nitrogen and oxygen atoms in total. The minimum absolute atomic E-state index is 0.0325. The SMILES string of the molecule is C=C(C)C(=O)OCC=C=O. The molecule has 0 amide bonds. The van der Waals surface area contributed by atoms with Crippen molar-refractivity contribution in [2.45, 2.75) is 6.92 Å². The van der Waals surface area contributed by atoms with Crippen LogP contribution in [0.25, 0.3) is 0 Å². The molecule has 0 rings (SSSR count). The van der Waals surface area contributed by atoms with E-state index in [4.69, 9.17) is 0 Å². The molecule has 0 fully saturated rings. The minimum atomic E-state index is -0.494. The number of hydrogen-bond acceptors (Lipinski definition) is 3. The van der Waals surface area contributed by atoms with E-state index in [1.54, 1.807) is 0 Å². The molecule has 0 aromatic heterocycles. The Bertz CT molecular complexity index is 187. The molecule has 3 heteroatoms. The van der Waals surface area contributed by atoms with Gasteiger partial charge in [0.2, 0.25) is 0 Å². The summed E-state index contributed by atoms with van der Waals surface area (Å²) in [4.78, 5) is 20.1. The lowest BCUT2D eigenvalue weighted by atomic mass is 10.4. The normalized spacial score (nSPS) is 7.70. The Morgan fingerprint density at radius 1 is 1.80 bits per heavy atom. The lowest BCUT2D eigenvalue weighted by Crippen LogP contribution is -2.04. The smallest absolute Gasteiger partial charge is 0.333 e. The van der Waals surface area contributed by atoms with Crippen molar-refractivity contribution in [1.29, 1.82) is 0 Å². The maximum atomic E-state index is 10.5. The van der Waals surface area contributed by atoms with Crippen LogP contribution in [-0.4, -0.2) is 18.5 Å². The third-order valence-corrected chi connectivity index (χ3v) is 0.730. The van der Waals surface area contributed by atoms with Crippen LogP contribution in [0.1, 0.15) is 6.92 Å². The first-order valence-corrected chi connectivity index (χ1v) is 2.70. The second-order valence-electron chi connectivity index (χ2n) is 1.70. The maximum Gasteiger partial charge on any atom is 0.333 e. The Morgan fingerprint density at radius 3 is 2.80 bits per heavy atom. The van der Waals surface area contributed by atoms with Crippen molar-refractivity contribution in [3.05, 3.63) is 18.2 Å². The maximum absolute atomic E-state index is 10.5. The van der Waals surface area contributed by atoms with Gasteiger partial charge in [0.15, 0.2) is 0 Å². The standard InChI is InChI=1S/C7H8O3/c1-6(2)7(9)10-5-3-4-8/h3H,1,5H2,2H3. The summed E-state index contributed by atoms with van der Waals surface area (Å²) >= 11 is 0. The van der Waals surface area contributed by atoms with Gasteiger partial charge in [-0.2, -0.15) is 0 Å². The Morgan fingerprint density at radius 2 is 2.40 bits per heavy atom. The third-order valence-electron chi connectivity index (χ3n) is 0.730. The molecular weight excluding hydrogens is 132 g/mol. The molecular formula is C7H8O3. The van der Waals surface area contributed by atoms with Crippen molar-refractivity contribution in [2.24, 2.45) is 0 Å². The zero-order valence-electron chi connectivity index (χ0n) is 5.72. The van der Waals surface area contributed by atoms with E-state index in [0.717, 1.165) is 6.08 Å². The summed E-state index contributed by atoms with van der Waals surface area (Å²) in [7, 11) is 0. The minimum Gasteiger partial charge on any atom is -0.457 e. The molecule has 0 aromatic rings. The van der Waals surface area contributed by atoms with Crippen LogP contribution in [0.4, 0.5) is 0 Å². The highest BCUT2D eigenvalue weighted by Gasteiger charge is 1.99. The van der Waals surface area contributed by atoms with Gasteiger partial charge in [0.25, 0.3) is 0 Å². The van der Waals surface area contributed by atoms with E-state index in [2.05, 4.69) is 11.3 Å². The Balaban J connectivity index is 3.60. The summed E-state index contributed by atoms with van der Waals surface area (Å²) in [6.45, 7) is 4.85. The summed E-state index contributed by atoms with van der Waals surface area (Å²) in [6.07, 6.45) is 1.08. The summed E-state index contributed by atoms with van der Waals surface area (Å²) in [5, 5.41) is 0. The quantitative estimate of drug-likeness (QED) is 0.325. The van der Waals surface area contributed by atoms with Gasteiger partial charge in [0.1, 0.15) is 12.5 Å². The first-order chi connectivity index (χ1) is 4.68. The number of carbonyl (C=O) groups excluding carboxylic acids is 2. The zero-order valence-corrected chi connectivity index (χ0v) is 5.72. The predicted molar refractivity (Wildman–Crippen MR) is 36.0 cm³/mol. The molecule has 0 aliphatic heterocycles. The van der Waals surface area contributed by atoms with Crippen LogP contribution in [0.5, 0.6) is 0 Å². The summed E-state index contributed by atoms with van der Waals surface area (Å²) < 4.78 is 4.49. The van der Waals surface area contributed by atoms with Crippen LogP contribution in [0.2, 0.25) is 0 Å². The molecule has 0 radical (unpaired) electrons. The first-order valence-electron chi connectivity index (χ1n) is 2.70. The van der Waals surface area contributed by atoms with Gasteiger partial charge in [-0.3, -0.25) is 0 Å². The van der Waals surface area contributed by atoms with Crippen molar-refractivity contribution in [2.75, 3.05) is 6.61 Å². The Hall–Kier alpha value is -1.34. The highest BCUT2D eigenvalue weighted by molar-refractivity contribution is 5.87. The second-order valence-corrected chi connectivity index (χ2v) is 1.70. The summed E-state index contributed by atoms with van der Waals surface area (Å²) in [5.74, 6) is 0.986. The van der Waals surface area contributed by atoms with Gasteiger partial charge in [-0.15, -0.1) is 0 Å².